The Bertz CT molecular complexity index is 2080. The molecule has 97 heavy (non-hydrogen) atoms. The van der Waals surface area contributed by atoms with Crippen molar-refractivity contribution in [3.63, 3.8) is 0 Å². The SMILES string of the molecule is CC/C=C\C/C=C\C/C=C\C/C=C\C/C=C\C/C=C\CCCCCCCCCCC(=O)NC(COC1OC(CO)C(OC2OC(CO)C(OC3OC(CO)C(O)C(O)C3O)C(O)C2O)C(O)C1O)C(O)/C=C/CCCCCCCCCCCCCCCCCCCCCCCCC. The lowest BCUT2D eigenvalue weighted by molar-refractivity contribution is -0.379. The Hall–Kier alpha value is -3.03. The summed E-state index contributed by atoms with van der Waals surface area (Å²) in [6.45, 7) is 1.64. The van der Waals surface area contributed by atoms with Gasteiger partial charge < -0.3 is 89.9 Å². The summed E-state index contributed by atoms with van der Waals surface area (Å²) in [6, 6.07) is -0.985. The molecule has 19 nitrogen and oxygen atoms in total. The Morgan fingerprint density at radius 3 is 1.11 bits per heavy atom. The predicted octanol–water partition coefficient (Wildman–Crippen LogP) is 11.8. The minimum Gasteiger partial charge on any atom is -0.394 e. The van der Waals surface area contributed by atoms with Crippen LogP contribution in [0.3, 0.4) is 0 Å². The molecule has 0 aromatic carbocycles. The number of carbonyl (C=O) groups is 1. The average Bonchev–Trinajstić information content (AvgIpc) is 0.790. The molecule has 1 amide bonds. The van der Waals surface area contributed by atoms with Crippen LogP contribution in [0.5, 0.6) is 0 Å². The lowest BCUT2D eigenvalue weighted by Gasteiger charge is -2.48. The summed E-state index contributed by atoms with van der Waals surface area (Å²) in [6.07, 6.45) is 49.8. The van der Waals surface area contributed by atoms with Crippen molar-refractivity contribution in [1.29, 1.82) is 0 Å². The van der Waals surface area contributed by atoms with E-state index in [1.807, 2.05) is 6.08 Å². The Kier molecular flexibility index (Phi) is 53.2. The van der Waals surface area contributed by atoms with Gasteiger partial charge in [0.1, 0.15) is 73.2 Å². The van der Waals surface area contributed by atoms with E-state index in [-0.39, 0.29) is 18.9 Å². The zero-order valence-corrected chi connectivity index (χ0v) is 59.8. The highest BCUT2D eigenvalue weighted by molar-refractivity contribution is 5.76. The van der Waals surface area contributed by atoms with E-state index in [2.05, 4.69) is 92.1 Å². The molecule has 17 atom stereocenters. The summed E-state index contributed by atoms with van der Waals surface area (Å²) in [5, 5.41) is 121. The molecule has 0 aromatic rings. The van der Waals surface area contributed by atoms with Gasteiger partial charge in [-0.25, -0.2) is 0 Å². The van der Waals surface area contributed by atoms with Crippen LogP contribution < -0.4 is 5.32 Å². The van der Waals surface area contributed by atoms with Gasteiger partial charge in [0.25, 0.3) is 0 Å². The van der Waals surface area contributed by atoms with Crippen molar-refractivity contribution < 1.29 is 89.4 Å². The van der Waals surface area contributed by atoms with E-state index in [1.165, 1.54) is 141 Å². The molecule has 3 rings (SSSR count). The van der Waals surface area contributed by atoms with Crippen LogP contribution in [-0.4, -0.2) is 193 Å². The molecule has 562 valence electrons. The first-order valence-electron chi connectivity index (χ1n) is 38.3. The third-order valence-electron chi connectivity index (χ3n) is 18.7. The molecule has 3 fully saturated rings. The quantitative estimate of drug-likeness (QED) is 0.0199. The molecule has 3 heterocycles. The van der Waals surface area contributed by atoms with E-state index in [1.54, 1.807) is 6.08 Å². The van der Waals surface area contributed by atoms with Crippen LogP contribution in [0.4, 0.5) is 0 Å². The van der Waals surface area contributed by atoms with Crippen LogP contribution in [0, 0.1) is 0 Å². The number of rotatable bonds is 59. The van der Waals surface area contributed by atoms with Crippen LogP contribution in [-0.2, 0) is 33.2 Å². The number of amides is 1. The number of nitrogens with one attached hydrogen (secondary N) is 1. The van der Waals surface area contributed by atoms with Crippen LogP contribution >= 0.6 is 0 Å². The standard InChI is InChI=1S/C78H137NO18/c1-3-5-7-9-11-13-15-17-19-21-23-25-27-29-30-32-34-36-38-40-42-44-46-48-50-52-54-56-66(84)79-61(62(83)55-53-51-49-47-45-43-41-39-37-35-33-31-28-26-24-22-20-18-16-14-12-10-8-6-4-2)60-92-76-72(90)69(87)74(64(58-81)94-76)97-78-73(91)70(88)75(65(59-82)95-78)96-77-71(89)68(86)67(85)63(57-80)93-77/h5,7,11,13,17,19,23,25,29-30,34,36,53,55,61-65,67-78,80-83,85-91H,3-4,6,8-10,12,14-16,18,20-22,24,26-28,31-33,35,37-52,54,56-60H2,1-2H3,(H,79,84)/b7-5-,13-11-,19-17-,25-23-,30-29-,36-34-,55-53+. The Labute approximate surface area is 584 Å². The summed E-state index contributed by atoms with van der Waals surface area (Å²) in [7, 11) is 0. The van der Waals surface area contributed by atoms with E-state index in [4.69, 9.17) is 28.4 Å². The minimum absolute atomic E-state index is 0.229. The van der Waals surface area contributed by atoms with Gasteiger partial charge >= 0.3 is 0 Å². The van der Waals surface area contributed by atoms with Crippen molar-refractivity contribution in [3.05, 3.63) is 85.1 Å². The molecule has 0 aliphatic carbocycles. The largest absolute Gasteiger partial charge is 0.394 e. The maximum atomic E-state index is 13.5. The molecule has 0 saturated carbocycles. The predicted molar refractivity (Wildman–Crippen MR) is 383 cm³/mol. The number of unbranched alkanes of at least 4 members (excludes halogenated alkanes) is 31. The Balaban J connectivity index is 1.41. The van der Waals surface area contributed by atoms with Crippen LogP contribution in [0.25, 0.3) is 0 Å². The zero-order valence-electron chi connectivity index (χ0n) is 59.8. The molecule has 0 aromatic heterocycles. The molecule has 3 aliphatic heterocycles. The van der Waals surface area contributed by atoms with Gasteiger partial charge in [0, 0.05) is 6.42 Å². The van der Waals surface area contributed by atoms with Gasteiger partial charge in [0.05, 0.1) is 38.6 Å². The minimum atomic E-state index is -1.98. The molecule has 0 bridgehead atoms. The highest BCUT2D eigenvalue weighted by atomic mass is 16.8. The van der Waals surface area contributed by atoms with E-state index in [0.29, 0.717) is 6.42 Å². The first kappa shape index (κ1) is 88.2. The van der Waals surface area contributed by atoms with Gasteiger partial charge in [0.2, 0.25) is 5.91 Å². The van der Waals surface area contributed by atoms with Crippen molar-refractivity contribution in [2.75, 3.05) is 26.4 Å². The van der Waals surface area contributed by atoms with Gasteiger partial charge in [-0.1, -0.05) is 279 Å². The van der Waals surface area contributed by atoms with Gasteiger partial charge in [-0.15, -0.1) is 0 Å². The number of carbonyl (C=O) groups excluding carboxylic acids is 1. The number of ether oxygens (including phenoxy) is 6. The van der Waals surface area contributed by atoms with E-state index in [9.17, 15) is 61.0 Å². The van der Waals surface area contributed by atoms with Crippen molar-refractivity contribution in [1.82, 2.24) is 5.32 Å². The smallest absolute Gasteiger partial charge is 0.220 e. The molecule has 19 heteroatoms. The second-order valence-corrected chi connectivity index (χ2v) is 27.1. The fourth-order valence-corrected chi connectivity index (χ4v) is 12.5. The van der Waals surface area contributed by atoms with Crippen molar-refractivity contribution in [2.45, 2.75) is 375 Å². The second-order valence-electron chi connectivity index (χ2n) is 27.1. The number of hydrogen-bond donors (Lipinski definition) is 12. The lowest BCUT2D eigenvalue weighted by atomic mass is 9.96. The van der Waals surface area contributed by atoms with Crippen LogP contribution in [0.2, 0.25) is 0 Å². The molecule has 12 N–H and O–H groups in total. The highest BCUT2D eigenvalue weighted by Crippen LogP contribution is 2.33. The van der Waals surface area contributed by atoms with E-state index in [0.717, 1.165) is 103 Å². The van der Waals surface area contributed by atoms with E-state index >= 15 is 0 Å². The summed E-state index contributed by atoms with van der Waals surface area (Å²) in [5.74, 6) is -0.285. The Morgan fingerprint density at radius 1 is 0.381 bits per heavy atom. The molecule has 3 aliphatic rings. The van der Waals surface area contributed by atoms with Crippen molar-refractivity contribution in [3.8, 4) is 0 Å². The summed E-state index contributed by atoms with van der Waals surface area (Å²) < 4.78 is 34.4. The molecule has 17 unspecified atom stereocenters. The van der Waals surface area contributed by atoms with Crippen LogP contribution in [0.15, 0.2) is 85.1 Å². The van der Waals surface area contributed by atoms with Gasteiger partial charge in [-0.05, 0) is 70.6 Å². The maximum absolute atomic E-state index is 13.5. The van der Waals surface area contributed by atoms with Crippen LogP contribution in [0.1, 0.15) is 271 Å². The maximum Gasteiger partial charge on any atom is 0.220 e. The summed E-state index contributed by atoms with van der Waals surface area (Å²) in [4.78, 5) is 13.5. The number of aliphatic hydroxyl groups is 11. The molecule has 0 radical (unpaired) electrons. The zero-order chi connectivity index (χ0) is 70.4. The van der Waals surface area contributed by atoms with Gasteiger partial charge in [-0.2, -0.15) is 0 Å². The van der Waals surface area contributed by atoms with E-state index < -0.39 is 124 Å². The second kappa shape index (κ2) is 58.5. The normalized spacial score (nSPS) is 27.4. The number of hydrogen-bond acceptors (Lipinski definition) is 18. The number of allylic oxidation sites excluding steroid dienone is 13. The first-order valence-corrected chi connectivity index (χ1v) is 38.3. The summed E-state index contributed by atoms with van der Waals surface area (Å²) in [5.41, 5.74) is 0. The molecule has 3 saturated heterocycles. The number of aliphatic hydroxyl groups excluding tert-OH is 11. The topological polar surface area (TPSA) is 307 Å². The first-order chi connectivity index (χ1) is 47.3. The monoisotopic (exact) mass is 1380 g/mol. The van der Waals surface area contributed by atoms with Crippen molar-refractivity contribution >= 4 is 5.91 Å². The molecular formula is C78H137NO18. The average molecular weight is 1380 g/mol. The lowest BCUT2D eigenvalue weighted by Crippen LogP contribution is -2.66. The Morgan fingerprint density at radius 2 is 0.711 bits per heavy atom. The fourth-order valence-electron chi connectivity index (χ4n) is 12.5. The molecular weight excluding hydrogens is 1240 g/mol. The van der Waals surface area contributed by atoms with Gasteiger partial charge in [0.15, 0.2) is 18.9 Å². The third kappa shape index (κ3) is 39.3. The third-order valence-corrected chi connectivity index (χ3v) is 18.7. The van der Waals surface area contributed by atoms with Crippen molar-refractivity contribution in [2.24, 2.45) is 0 Å². The van der Waals surface area contributed by atoms with Gasteiger partial charge in [-0.3, -0.25) is 4.79 Å². The summed E-state index contributed by atoms with van der Waals surface area (Å²) >= 11 is 0. The highest BCUT2D eigenvalue weighted by Gasteiger charge is 2.53. The molecule has 0 spiro atoms. The fraction of sp³-hybridized carbons (Fsp3) is 0.808.